The molecule has 0 unspecified atom stereocenters. The zero-order valence-electron chi connectivity index (χ0n) is 17.1. The summed E-state index contributed by atoms with van der Waals surface area (Å²) in [5.74, 6) is -1.62. The van der Waals surface area contributed by atoms with E-state index >= 15 is 0 Å². The number of likely N-dealkylation sites (tertiary alicyclic amines) is 1. The smallest absolute Gasteiger partial charge is 0.340 e. The fourth-order valence-corrected chi connectivity index (χ4v) is 3.78. The number of methoxy groups -OCH3 is 3. The predicted molar refractivity (Wildman–Crippen MR) is 106 cm³/mol. The van der Waals surface area contributed by atoms with Crippen LogP contribution in [0, 0.1) is 11.8 Å². The first kappa shape index (κ1) is 21.4. The van der Waals surface area contributed by atoms with Crippen molar-refractivity contribution >= 4 is 29.4 Å². The van der Waals surface area contributed by atoms with Crippen molar-refractivity contribution in [2.24, 2.45) is 11.8 Å². The molecule has 0 radical (unpaired) electrons. The zero-order chi connectivity index (χ0) is 21.8. The van der Waals surface area contributed by atoms with Crippen molar-refractivity contribution in [1.29, 1.82) is 0 Å². The quantitative estimate of drug-likeness (QED) is 0.410. The van der Waals surface area contributed by atoms with Crippen molar-refractivity contribution < 1.29 is 33.4 Å². The number of hydrogen-bond donors (Lipinski definition) is 1. The number of anilines is 1. The van der Waals surface area contributed by atoms with E-state index in [1.807, 2.05) is 12.2 Å². The lowest BCUT2D eigenvalue weighted by molar-refractivity contribution is -0.140. The third-order valence-electron chi connectivity index (χ3n) is 5.36. The van der Waals surface area contributed by atoms with E-state index in [4.69, 9.17) is 14.2 Å². The topological polar surface area (TPSA) is 111 Å². The second-order valence-corrected chi connectivity index (χ2v) is 7.03. The highest BCUT2D eigenvalue weighted by Gasteiger charge is 2.46. The molecule has 1 aromatic carbocycles. The molecule has 1 saturated heterocycles. The molecule has 9 nitrogen and oxygen atoms in total. The van der Waals surface area contributed by atoms with Gasteiger partial charge in [-0.2, -0.15) is 0 Å². The number of benzene rings is 1. The molecule has 2 aliphatic rings. The maximum absolute atomic E-state index is 12.5. The molecular formula is C21H24N2O7. The average Bonchev–Trinajstić information content (AvgIpc) is 3.01. The Morgan fingerprint density at radius 3 is 2.10 bits per heavy atom. The van der Waals surface area contributed by atoms with Crippen molar-refractivity contribution in [3.05, 3.63) is 29.8 Å². The summed E-state index contributed by atoms with van der Waals surface area (Å²) in [5.41, 5.74) is 0.273. The summed E-state index contributed by atoms with van der Waals surface area (Å²) in [4.78, 5) is 50.8. The molecule has 3 rings (SSSR count). The third-order valence-corrected chi connectivity index (χ3v) is 5.36. The van der Waals surface area contributed by atoms with Crippen molar-refractivity contribution in [2.45, 2.75) is 19.3 Å². The number of esters is 1. The van der Waals surface area contributed by atoms with Crippen LogP contribution in [0.4, 0.5) is 5.69 Å². The van der Waals surface area contributed by atoms with Gasteiger partial charge in [-0.05, 0) is 12.8 Å². The van der Waals surface area contributed by atoms with Crippen LogP contribution in [0.15, 0.2) is 24.3 Å². The molecule has 9 heteroatoms. The van der Waals surface area contributed by atoms with Crippen LogP contribution in [0.25, 0.3) is 0 Å². The fraction of sp³-hybridized carbons (Fsp3) is 0.429. The second-order valence-electron chi connectivity index (χ2n) is 7.03. The molecule has 3 amide bonds. The molecule has 2 atom stereocenters. The van der Waals surface area contributed by atoms with Crippen LogP contribution in [0.5, 0.6) is 11.5 Å². The van der Waals surface area contributed by atoms with Gasteiger partial charge in [0.05, 0.1) is 44.4 Å². The fourth-order valence-electron chi connectivity index (χ4n) is 3.78. The molecule has 1 aromatic rings. The minimum Gasteiger partial charge on any atom is -0.493 e. The normalized spacial score (nSPS) is 20.0. The summed E-state index contributed by atoms with van der Waals surface area (Å²) in [6, 6.07) is 2.86. The van der Waals surface area contributed by atoms with Crippen LogP contribution in [0.3, 0.4) is 0 Å². The highest BCUT2D eigenvalue weighted by Crippen LogP contribution is 2.36. The van der Waals surface area contributed by atoms with Crippen LogP contribution in [0.1, 0.15) is 29.6 Å². The molecule has 1 heterocycles. The lowest BCUT2D eigenvalue weighted by Gasteiger charge is -2.16. The van der Waals surface area contributed by atoms with E-state index in [1.54, 1.807) is 0 Å². The van der Waals surface area contributed by atoms with E-state index < -0.39 is 11.9 Å². The van der Waals surface area contributed by atoms with Crippen LogP contribution in [0.2, 0.25) is 0 Å². The Kier molecular flexibility index (Phi) is 6.39. The first-order chi connectivity index (χ1) is 14.4. The van der Waals surface area contributed by atoms with Crippen molar-refractivity contribution in [3.63, 3.8) is 0 Å². The van der Waals surface area contributed by atoms with Gasteiger partial charge in [0.1, 0.15) is 0 Å². The Morgan fingerprint density at radius 2 is 1.57 bits per heavy atom. The maximum atomic E-state index is 12.5. The van der Waals surface area contributed by atoms with E-state index in [1.165, 1.54) is 33.5 Å². The lowest BCUT2D eigenvalue weighted by atomic mass is 9.85. The SMILES string of the molecule is COC(=O)c1cc(OC)c(OC)cc1NC(=O)CCN1C(=O)[C@@H]2CC=CC[C@H]2C1=O. The Bertz CT molecular complexity index is 883. The van der Waals surface area contributed by atoms with Crippen LogP contribution in [-0.2, 0) is 19.1 Å². The number of hydrogen-bond acceptors (Lipinski definition) is 7. The highest BCUT2D eigenvalue weighted by atomic mass is 16.5. The van der Waals surface area contributed by atoms with Gasteiger partial charge in [0.2, 0.25) is 17.7 Å². The minimum absolute atomic E-state index is 0.0165. The maximum Gasteiger partial charge on any atom is 0.340 e. The van der Waals surface area contributed by atoms with Gasteiger partial charge in [-0.25, -0.2) is 4.79 Å². The van der Waals surface area contributed by atoms with Gasteiger partial charge in [-0.1, -0.05) is 12.2 Å². The molecule has 0 saturated carbocycles. The molecular weight excluding hydrogens is 392 g/mol. The van der Waals surface area contributed by atoms with Crippen LogP contribution >= 0.6 is 0 Å². The Balaban J connectivity index is 1.71. The second kappa shape index (κ2) is 8.98. The van der Waals surface area contributed by atoms with Gasteiger partial charge in [0.25, 0.3) is 0 Å². The van der Waals surface area contributed by atoms with E-state index in [-0.39, 0.29) is 47.9 Å². The van der Waals surface area contributed by atoms with Gasteiger partial charge in [0.15, 0.2) is 11.5 Å². The highest BCUT2D eigenvalue weighted by molar-refractivity contribution is 6.06. The summed E-state index contributed by atoms with van der Waals surface area (Å²) in [6.07, 6.45) is 4.82. The number of nitrogens with zero attached hydrogens (tertiary/aromatic N) is 1. The van der Waals surface area contributed by atoms with Gasteiger partial charge in [-0.3, -0.25) is 19.3 Å². The summed E-state index contributed by atoms with van der Waals surface area (Å²) in [5, 5.41) is 2.63. The number of carbonyl (C=O) groups excluding carboxylic acids is 4. The first-order valence-electron chi connectivity index (χ1n) is 9.55. The Morgan fingerprint density at radius 1 is 1.00 bits per heavy atom. The van der Waals surface area contributed by atoms with Crippen LogP contribution in [-0.4, -0.2) is 56.5 Å². The molecule has 1 aliphatic heterocycles. The molecule has 160 valence electrons. The average molecular weight is 416 g/mol. The van der Waals surface area contributed by atoms with Gasteiger partial charge in [0, 0.05) is 25.1 Å². The Labute approximate surface area is 174 Å². The predicted octanol–water partition coefficient (Wildman–Crippen LogP) is 1.77. The summed E-state index contributed by atoms with van der Waals surface area (Å²) in [6.45, 7) is -0.0165. The van der Waals surface area contributed by atoms with E-state index in [0.29, 0.717) is 24.3 Å². The number of rotatable bonds is 7. The van der Waals surface area contributed by atoms with E-state index in [2.05, 4.69) is 5.32 Å². The third kappa shape index (κ3) is 4.00. The number of ether oxygens (including phenoxy) is 3. The molecule has 1 aliphatic carbocycles. The summed E-state index contributed by atoms with van der Waals surface area (Å²) < 4.78 is 15.2. The van der Waals surface area contributed by atoms with Crippen molar-refractivity contribution in [1.82, 2.24) is 4.90 Å². The molecule has 30 heavy (non-hydrogen) atoms. The summed E-state index contributed by atoms with van der Waals surface area (Å²) in [7, 11) is 4.08. The van der Waals surface area contributed by atoms with Crippen molar-refractivity contribution in [2.75, 3.05) is 33.2 Å². The van der Waals surface area contributed by atoms with Crippen molar-refractivity contribution in [3.8, 4) is 11.5 Å². The van der Waals surface area contributed by atoms with E-state index in [9.17, 15) is 19.2 Å². The number of imide groups is 1. The largest absolute Gasteiger partial charge is 0.493 e. The standard InChI is InChI=1S/C21H24N2O7/c1-28-16-10-14(21(27)30-3)15(11-17(16)29-2)22-18(24)8-9-23-19(25)12-6-4-5-7-13(12)20(23)26/h4-5,10-13H,6-9H2,1-3H3,(H,22,24)/t12-,13-/m1/s1. The summed E-state index contributed by atoms with van der Waals surface area (Å²) >= 11 is 0. The van der Waals surface area contributed by atoms with E-state index in [0.717, 1.165) is 4.90 Å². The number of carbonyl (C=O) groups is 4. The molecule has 0 spiro atoms. The number of allylic oxidation sites excluding steroid dienone is 2. The zero-order valence-corrected chi connectivity index (χ0v) is 17.1. The molecule has 0 aromatic heterocycles. The van der Waals surface area contributed by atoms with Gasteiger partial charge in [-0.15, -0.1) is 0 Å². The number of fused-ring (bicyclic) bond motifs is 1. The minimum atomic E-state index is -0.660. The van der Waals surface area contributed by atoms with Gasteiger partial charge < -0.3 is 19.5 Å². The van der Waals surface area contributed by atoms with Crippen LogP contribution < -0.4 is 14.8 Å². The number of nitrogens with one attached hydrogen (secondary N) is 1. The number of amides is 3. The first-order valence-corrected chi connectivity index (χ1v) is 9.55. The monoisotopic (exact) mass is 416 g/mol. The lowest BCUT2D eigenvalue weighted by Crippen LogP contribution is -2.34. The van der Waals surface area contributed by atoms with Gasteiger partial charge >= 0.3 is 5.97 Å². The Hall–Kier alpha value is -3.36. The molecule has 1 N–H and O–H groups in total. The molecule has 0 bridgehead atoms. The molecule has 1 fully saturated rings.